The van der Waals surface area contributed by atoms with Crippen LogP contribution in [0, 0.1) is 5.92 Å². The number of nitrogens with zero attached hydrogens (tertiary/aromatic N) is 1. The topological polar surface area (TPSA) is 58.6 Å². The Hall–Kier alpha value is -1.10. The molecule has 0 spiro atoms. The van der Waals surface area contributed by atoms with E-state index in [1.807, 2.05) is 6.92 Å². The molecule has 1 aliphatic rings. The van der Waals surface area contributed by atoms with Crippen LogP contribution in [0.25, 0.3) is 0 Å². The summed E-state index contributed by atoms with van der Waals surface area (Å²) in [5, 5.41) is 2.81. The van der Waals surface area contributed by atoms with E-state index in [9.17, 15) is 9.59 Å². The van der Waals surface area contributed by atoms with Crippen LogP contribution in [0.5, 0.6) is 0 Å². The van der Waals surface area contributed by atoms with Gasteiger partial charge in [0.1, 0.15) is 6.04 Å². The number of nitrogens with one attached hydrogen (secondary N) is 1. The summed E-state index contributed by atoms with van der Waals surface area (Å²) in [7, 11) is 0. The second-order valence-electron chi connectivity index (χ2n) is 5.02. The third kappa shape index (κ3) is 4.64. The molecule has 1 rings (SSSR count). The summed E-state index contributed by atoms with van der Waals surface area (Å²) in [6.45, 7) is 8.27. The third-order valence-electron chi connectivity index (χ3n) is 2.97. The average molecular weight is 256 g/mol. The Morgan fingerprint density at radius 2 is 2.17 bits per heavy atom. The second kappa shape index (κ2) is 7.36. The lowest BCUT2D eigenvalue weighted by Crippen LogP contribution is -2.46. The maximum atomic E-state index is 12.3. The number of carbonyl (C=O) groups is 2. The molecule has 1 N–H and O–H groups in total. The van der Waals surface area contributed by atoms with Crippen LogP contribution in [0.3, 0.4) is 0 Å². The van der Waals surface area contributed by atoms with E-state index >= 15 is 0 Å². The molecule has 1 aliphatic heterocycles. The Kier molecular flexibility index (Phi) is 6.12. The first kappa shape index (κ1) is 15.0. The van der Waals surface area contributed by atoms with E-state index < -0.39 is 0 Å². The smallest absolute Gasteiger partial charge is 0.245 e. The second-order valence-corrected chi connectivity index (χ2v) is 5.02. The Bertz CT molecular complexity index is 292. The van der Waals surface area contributed by atoms with E-state index in [0.717, 1.165) is 0 Å². The zero-order valence-corrected chi connectivity index (χ0v) is 11.6. The molecule has 1 atom stereocenters. The van der Waals surface area contributed by atoms with Crippen LogP contribution in [0.4, 0.5) is 0 Å². The molecule has 1 unspecified atom stereocenters. The summed E-state index contributed by atoms with van der Waals surface area (Å²) in [5.74, 6) is 0.369. The van der Waals surface area contributed by atoms with Crippen molar-refractivity contribution in [1.82, 2.24) is 10.2 Å². The molecule has 0 radical (unpaired) electrons. The Morgan fingerprint density at radius 1 is 1.44 bits per heavy atom. The minimum atomic E-state index is -0.373. The lowest BCUT2D eigenvalue weighted by molar-refractivity contribution is -0.134. The summed E-state index contributed by atoms with van der Waals surface area (Å²) in [5.41, 5.74) is 0. The lowest BCUT2D eigenvalue weighted by atomic mass is 10.0. The first-order valence-corrected chi connectivity index (χ1v) is 6.70. The largest absolute Gasteiger partial charge is 0.380 e. The predicted molar refractivity (Wildman–Crippen MR) is 69.1 cm³/mol. The molecule has 1 fully saturated rings. The van der Waals surface area contributed by atoms with E-state index in [0.29, 0.717) is 45.1 Å². The predicted octanol–water partition coefficient (Wildman–Crippen LogP) is 0.786. The summed E-state index contributed by atoms with van der Waals surface area (Å²) < 4.78 is 5.27. The van der Waals surface area contributed by atoms with Gasteiger partial charge in [-0.1, -0.05) is 13.8 Å². The fourth-order valence-corrected chi connectivity index (χ4v) is 2.07. The monoisotopic (exact) mass is 256 g/mol. The van der Waals surface area contributed by atoms with Crippen molar-refractivity contribution < 1.29 is 14.3 Å². The molecular weight excluding hydrogens is 232 g/mol. The van der Waals surface area contributed by atoms with Gasteiger partial charge in [-0.3, -0.25) is 9.59 Å². The van der Waals surface area contributed by atoms with Crippen LogP contribution >= 0.6 is 0 Å². The number of carbonyl (C=O) groups excluding carboxylic acids is 2. The summed E-state index contributed by atoms with van der Waals surface area (Å²) in [6, 6.07) is -0.373. The first-order valence-electron chi connectivity index (χ1n) is 6.70. The molecule has 1 saturated heterocycles. The highest BCUT2D eigenvalue weighted by atomic mass is 16.5. The van der Waals surface area contributed by atoms with Crippen molar-refractivity contribution in [2.45, 2.75) is 39.7 Å². The van der Waals surface area contributed by atoms with Crippen molar-refractivity contribution in [3.8, 4) is 0 Å². The van der Waals surface area contributed by atoms with E-state index in [-0.39, 0.29) is 17.9 Å². The highest BCUT2D eigenvalue weighted by Gasteiger charge is 2.29. The maximum absolute atomic E-state index is 12.3. The summed E-state index contributed by atoms with van der Waals surface area (Å²) in [4.78, 5) is 25.6. The summed E-state index contributed by atoms with van der Waals surface area (Å²) in [6.07, 6.45) is 1.07. The number of amides is 2. The van der Waals surface area contributed by atoms with Crippen LogP contribution in [0.15, 0.2) is 0 Å². The van der Waals surface area contributed by atoms with E-state index in [1.165, 1.54) is 0 Å². The quantitative estimate of drug-likeness (QED) is 0.715. The van der Waals surface area contributed by atoms with Crippen LogP contribution in [-0.4, -0.2) is 49.1 Å². The van der Waals surface area contributed by atoms with Gasteiger partial charge >= 0.3 is 0 Å². The third-order valence-corrected chi connectivity index (χ3v) is 2.97. The standard InChI is InChI=1S/C13H24N2O3/c1-4-18-8-7-15-6-5-12(16)14-11(13(15)17)9-10(2)3/h10-11H,4-9H2,1-3H3,(H,14,16). The zero-order chi connectivity index (χ0) is 13.5. The van der Waals surface area contributed by atoms with Crippen molar-refractivity contribution in [3.05, 3.63) is 0 Å². The van der Waals surface area contributed by atoms with Gasteiger partial charge in [-0.05, 0) is 19.3 Å². The van der Waals surface area contributed by atoms with Gasteiger partial charge in [-0.15, -0.1) is 0 Å². The molecule has 104 valence electrons. The molecular formula is C13H24N2O3. The van der Waals surface area contributed by atoms with Gasteiger partial charge in [-0.2, -0.15) is 0 Å². The molecule has 0 aromatic carbocycles. The van der Waals surface area contributed by atoms with Gasteiger partial charge < -0.3 is 15.0 Å². The van der Waals surface area contributed by atoms with Crippen molar-refractivity contribution in [2.24, 2.45) is 5.92 Å². The minimum absolute atomic E-state index is 0.0225. The molecule has 1 heterocycles. The molecule has 0 aromatic heterocycles. The highest BCUT2D eigenvalue weighted by Crippen LogP contribution is 2.11. The van der Waals surface area contributed by atoms with Gasteiger partial charge in [0.15, 0.2) is 0 Å². The van der Waals surface area contributed by atoms with Crippen LogP contribution in [-0.2, 0) is 14.3 Å². The van der Waals surface area contributed by atoms with Crippen molar-refractivity contribution in [1.29, 1.82) is 0 Å². The van der Waals surface area contributed by atoms with Crippen LogP contribution < -0.4 is 5.32 Å². The Balaban J connectivity index is 2.61. The van der Waals surface area contributed by atoms with Gasteiger partial charge in [0, 0.05) is 26.1 Å². The van der Waals surface area contributed by atoms with Gasteiger partial charge in [0.25, 0.3) is 0 Å². The SMILES string of the molecule is CCOCCN1CCC(=O)NC(CC(C)C)C1=O. The lowest BCUT2D eigenvalue weighted by Gasteiger charge is -2.24. The Labute approximate surface area is 109 Å². The molecule has 0 bridgehead atoms. The number of rotatable bonds is 6. The summed E-state index contributed by atoms with van der Waals surface area (Å²) >= 11 is 0. The van der Waals surface area contributed by atoms with Crippen LogP contribution in [0.2, 0.25) is 0 Å². The number of ether oxygens (including phenoxy) is 1. The molecule has 5 nitrogen and oxygen atoms in total. The molecule has 2 amide bonds. The van der Waals surface area contributed by atoms with Crippen LogP contribution in [0.1, 0.15) is 33.6 Å². The maximum Gasteiger partial charge on any atom is 0.245 e. The van der Waals surface area contributed by atoms with Gasteiger partial charge in [0.2, 0.25) is 11.8 Å². The molecule has 18 heavy (non-hydrogen) atoms. The fraction of sp³-hybridized carbons (Fsp3) is 0.846. The number of hydrogen-bond acceptors (Lipinski definition) is 3. The number of hydrogen-bond donors (Lipinski definition) is 1. The molecule has 0 aromatic rings. The van der Waals surface area contributed by atoms with Crippen molar-refractivity contribution in [3.63, 3.8) is 0 Å². The average Bonchev–Trinajstić information content (AvgIpc) is 2.42. The van der Waals surface area contributed by atoms with Gasteiger partial charge in [-0.25, -0.2) is 0 Å². The normalized spacial score (nSPS) is 21.1. The van der Waals surface area contributed by atoms with Crippen molar-refractivity contribution in [2.75, 3.05) is 26.3 Å². The molecule has 0 saturated carbocycles. The minimum Gasteiger partial charge on any atom is -0.380 e. The zero-order valence-electron chi connectivity index (χ0n) is 11.6. The van der Waals surface area contributed by atoms with Crippen molar-refractivity contribution >= 4 is 11.8 Å². The Morgan fingerprint density at radius 3 is 2.78 bits per heavy atom. The highest BCUT2D eigenvalue weighted by molar-refractivity contribution is 5.89. The molecule has 0 aliphatic carbocycles. The molecule has 5 heteroatoms. The fourth-order valence-electron chi connectivity index (χ4n) is 2.07. The van der Waals surface area contributed by atoms with E-state index in [4.69, 9.17) is 4.74 Å². The van der Waals surface area contributed by atoms with E-state index in [2.05, 4.69) is 19.2 Å². The first-order chi connectivity index (χ1) is 8.54. The van der Waals surface area contributed by atoms with Gasteiger partial charge in [0.05, 0.1) is 6.61 Å². The van der Waals surface area contributed by atoms with E-state index in [1.54, 1.807) is 4.90 Å².